The molecular weight excluding hydrogens is 255 g/mol. The molecule has 0 aliphatic heterocycles. The van der Waals surface area contributed by atoms with E-state index in [0.29, 0.717) is 0 Å². The SMILES string of the molecule is CC=C(Br)C(=O)O.CCCCCCl. The average molecular weight is 272 g/mol. The molecule has 78 valence electrons. The molecule has 0 aromatic heterocycles. The lowest BCUT2D eigenvalue weighted by Gasteiger charge is -1.84. The maximum Gasteiger partial charge on any atom is 0.342 e. The van der Waals surface area contributed by atoms with Gasteiger partial charge < -0.3 is 5.11 Å². The van der Waals surface area contributed by atoms with Gasteiger partial charge in [0.1, 0.15) is 0 Å². The molecule has 0 saturated carbocycles. The first-order chi connectivity index (χ1) is 6.09. The zero-order valence-electron chi connectivity index (χ0n) is 8.02. The van der Waals surface area contributed by atoms with Gasteiger partial charge in [-0.05, 0) is 29.3 Å². The van der Waals surface area contributed by atoms with Gasteiger partial charge in [0.25, 0.3) is 0 Å². The molecule has 0 fully saturated rings. The quantitative estimate of drug-likeness (QED) is 0.480. The van der Waals surface area contributed by atoms with Crippen LogP contribution in [0.2, 0.25) is 0 Å². The van der Waals surface area contributed by atoms with Gasteiger partial charge in [-0.1, -0.05) is 25.8 Å². The van der Waals surface area contributed by atoms with Gasteiger partial charge in [-0.25, -0.2) is 4.79 Å². The van der Waals surface area contributed by atoms with Gasteiger partial charge in [0, 0.05) is 5.88 Å². The Labute approximate surface area is 93.1 Å². The Kier molecular flexibility index (Phi) is 14.2. The van der Waals surface area contributed by atoms with E-state index in [-0.39, 0.29) is 4.48 Å². The average Bonchev–Trinajstić information content (AvgIpc) is 2.14. The Morgan fingerprint density at radius 2 is 2.08 bits per heavy atom. The summed E-state index contributed by atoms with van der Waals surface area (Å²) in [5.74, 6) is -0.101. The minimum atomic E-state index is -0.928. The van der Waals surface area contributed by atoms with Crippen LogP contribution in [0.15, 0.2) is 10.6 Å². The molecule has 13 heavy (non-hydrogen) atoms. The van der Waals surface area contributed by atoms with Crippen molar-refractivity contribution in [2.45, 2.75) is 33.1 Å². The van der Waals surface area contributed by atoms with E-state index in [9.17, 15) is 4.79 Å². The molecular formula is C9H16BrClO2. The number of hydrogen-bond donors (Lipinski definition) is 1. The summed E-state index contributed by atoms with van der Waals surface area (Å²) in [6.07, 6.45) is 5.20. The van der Waals surface area contributed by atoms with Crippen LogP contribution in [-0.2, 0) is 4.79 Å². The number of halogens is 2. The van der Waals surface area contributed by atoms with Crippen molar-refractivity contribution in [1.82, 2.24) is 0 Å². The molecule has 0 unspecified atom stereocenters. The van der Waals surface area contributed by atoms with E-state index in [0.717, 1.165) is 5.88 Å². The smallest absolute Gasteiger partial charge is 0.342 e. The summed E-state index contributed by atoms with van der Waals surface area (Å²) >= 11 is 8.18. The van der Waals surface area contributed by atoms with Crippen molar-refractivity contribution in [2.75, 3.05) is 5.88 Å². The largest absolute Gasteiger partial charge is 0.477 e. The van der Waals surface area contributed by atoms with Crippen molar-refractivity contribution >= 4 is 33.5 Å². The van der Waals surface area contributed by atoms with Gasteiger partial charge >= 0.3 is 5.97 Å². The summed E-state index contributed by atoms with van der Waals surface area (Å²) in [6.45, 7) is 3.82. The van der Waals surface area contributed by atoms with E-state index >= 15 is 0 Å². The molecule has 0 saturated heterocycles. The molecule has 0 spiro atoms. The molecule has 0 atom stereocenters. The molecule has 0 bridgehead atoms. The Bertz CT molecular complexity index is 154. The number of rotatable bonds is 4. The lowest BCUT2D eigenvalue weighted by atomic mass is 10.3. The number of allylic oxidation sites excluding steroid dienone is 1. The second-order valence-electron chi connectivity index (χ2n) is 2.34. The topological polar surface area (TPSA) is 37.3 Å². The van der Waals surface area contributed by atoms with Gasteiger partial charge in [0.2, 0.25) is 0 Å². The normalized spacial score (nSPS) is 10.3. The third kappa shape index (κ3) is 14.8. The van der Waals surface area contributed by atoms with Crippen molar-refractivity contribution in [3.63, 3.8) is 0 Å². The summed E-state index contributed by atoms with van der Waals surface area (Å²) in [7, 11) is 0. The van der Waals surface area contributed by atoms with Crippen molar-refractivity contribution in [3.05, 3.63) is 10.6 Å². The molecule has 1 N–H and O–H groups in total. The molecule has 0 heterocycles. The molecule has 0 rings (SSSR count). The summed E-state index contributed by atoms with van der Waals surface area (Å²) in [5, 5.41) is 8.07. The highest BCUT2D eigenvalue weighted by Crippen LogP contribution is 2.01. The van der Waals surface area contributed by atoms with Gasteiger partial charge in [-0.2, -0.15) is 0 Å². The van der Waals surface area contributed by atoms with Crippen LogP contribution in [0.3, 0.4) is 0 Å². The number of carboxylic acid groups (broad SMARTS) is 1. The van der Waals surface area contributed by atoms with Gasteiger partial charge in [-0.15, -0.1) is 11.6 Å². The zero-order chi connectivity index (χ0) is 10.7. The van der Waals surface area contributed by atoms with Gasteiger partial charge in [0.15, 0.2) is 0 Å². The first-order valence-corrected chi connectivity index (χ1v) is 5.53. The highest BCUT2D eigenvalue weighted by Gasteiger charge is 1.96. The fraction of sp³-hybridized carbons (Fsp3) is 0.667. The predicted molar refractivity (Wildman–Crippen MR) is 60.6 cm³/mol. The Morgan fingerprint density at radius 3 is 2.15 bits per heavy atom. The van der Waals surface area contributed by atoms with Crippen LogP contribution in [0.5, 0.6) is 0 Å². The van der Waals surface area contributed by atoms with E-state index in [4.69, 9.17) is 16.7 Å². The minimum Gasteiger partial charge on any atom is -0.477 e. The number of carbonyl (C=O) groups is 1. The number of aliphatic carboxylic acids is 1. The maximum atomic E-state index is 9.82. The molecule has 0 aromatic carbocycles. The van der Waals surface area contributed by atoms with Crippen molar-refractivity contribution in [1.29, 1.82) is 0 Å². The van der Waals surface area contributed by atoms with Crippen LogP contribution in [0.1, 0.15) is 33.1 Å². The van der Waals surface area contributed by atoms with Crippen LogP contribution in [0.25, 0.3) is 0 Å². The maximum absolute atomic E-state index is 9.82. The van der Waals surface area contributed by atoms with Crippen molar-refractivity contribution in [2.24, 2.45) is 0 Å². The summed E-state index contributed by atoms with van der Waals surface area (Å²) in [5.41, 5.74) is 0. The number of alkyl halides is 1. The fourth-order valence-electron chi connectivity index (χ4n) is 0.468. The highest BCUT2D eigenvalue weighted by atomic mass is 79.9. The second-order valence-corrected chi connectivity index (χ2v) is 3.57. The van der Waals surface area contributed by atoms with E-state index in [1.165, 1.54) is 25.3 Å². The van der Waals surface area contributed by atoms with Crippen molar-refractivity contribution in [3.8, 4) is 0 Å². The Morgan fingerprint density at radius 1 is 1.54 bits per heavy atom. The molecule has 4 heteroatoms. The molecule has 0 aromatic rings. The van der Waals surface area contributed by atoms with Crippen LogP contribution in [-0.4, -0.2) is 17.0 Å². The number of unbranched alkanes of at least 4 members (excludes halogenated alkanes) is 2. The van der Waals surface area contributed by atoms with Crippen LogP contribution in [0.4, 0.5) is 0 Å². The van der Waals surface area contributed by atoms with E-state index in [2.05, 4.69) is 22.9 Å². The van der Waals surface area contributed by atoms with Crippen molar-refractivity contribution < 1.29 is 9.90 Å². The summed E-state index contributed by atoms with van der Waals surface area (Å²) in [6, 6.07) is 0. The van der Waals surface area contributed by atoms with Gasteiger partial charge in [0.05, 0.1) is 4.48 Å². The summed E-state index contributed by atoms with van der Waals surface area (Å²) < 4.78 is 0.201. The lowest BCUT2D eigenvalue weighted by molar-refractivity contribution is -0.131. The highest BCUT2D eigenvalue weighted by molar-refractivity contribution is 9.12. The van der Waals surface area contributed by atoms with E-state index in [1.54, 1.807) is 6.92 Å². The predicted octanol–water partition coefficient (Wildman–Crippen LogP) is 3.79. The van der Waals surface area contributed by atoms with Gasteiger partial charge in [-0.3, -0.25) is 0 Å². The molecule has 0 aliphatic rings. The Balaban J connectivity index is 0. The molecule has 0 aliphatic carbocycles. The minimum absolute atomic E-state index is 0.201. The Hall–Kier alpha value is -0.0200. The zero-order valence-corrected chi connectivity index (χ0v) is 10.4. The van der Waals surface area contributed by atoms with Crippen LogP contribution in [0, 0.1) is 0 Å². The van der Waals surface area contributed by atoms with Crippen LogP contribution < -0.4 is 0 Å². The number of hydrogen-bond acceptors (Lipinski definition) is 1. The fourth-order valence-corrected chi connectivity index (χ4v) is 0.657. The second kappa shape index (κ2) is 12.0. The molecule has 0 amide bonds. The first-order valence-electron chi connectivity index (χ1n) is 4.21. The monoisotopic (exact) mass is 270 g/mol. The number of carboxylic acids is 1. The van der Waals surface area contributed by atoms with Crippen LogP contribution >= 0.6 is 27.5 Å². The third-order valence-corrected chi connectivity index (χ3v) is 2.26. The van der Waals surface area contributed by atoms with E-state index < -0.39 is 5.97 Å². The third-order valence-electron chi connectivity index (χ3n) is 1.19. The lowest BCUT2D eigenvalue weighted by Crippen LogP contribution is -1.91. The standard InChI is InChI=1S/C5H11Cl.C4H5BrO2/c1-2-3-4-5-6;1-2-3(5)4(6)7/h2-5H2,1H3;2H,1H3,(H,6,7). The van der Waals surface area contributed by atoms with E-state index in [1.807, 2.05) is 0 Å². The first kappa shape index (κ1) is 15.5. The molecule has 0 radical (unpaired) electrons. The summed E-state index contributed by atoms with van der Waals surface area (Å²) in [4.78, 5) is 9.82. The molecule has 2 nitrogen and oxygen atoms in total.